The van der Waals surface area contributed by atoms with Crippen LogP contribution in [0, 0.1) is 5.92 Å². The summed E-state index contributed by atoms with van der Waals surface area (Å²) in [5.74, 6) is -1.80. The van der Waals surface area contributed by atoms with Crippen LogP contribution in [0.5, 0.6) is 0 Å². The Morgan fingerprint density at radius 3 is 2.55 bits per heavy atom. The molecular weight excluding hydrogens is 258 g/mol. The van der Waals surface area contributed by atoms with Crippen molar-refractivity contribution in [2.24, 2.45) is 11.7 Å². The Balaban J connectivity index is 2.29. The quantitative estimate of drug-likeness (QED) is 0.623. The fourth-order valence-corrected chi connectivity index (χ4v) is 2.27. The first-order chi connectivity index (χ1) is 9.51. The second-order valence-electron chi connectivity index (χ2n) is 4.82. The molecule has 2 rings (SSSR count). The number of imide groups is 3. The van der Waals surface area contributed by atoms with E-state index in [9.17, 15) is 14.4 Å². The summed E-state index contributed by atoms with van der Waals surface area (Å²) in [6.07, 6.45) is 0.798. The van der Waals surface area contributed by atoms with Gasteiger partial charge in [-0.05, 0) is 24.6 Å². The Kier molecular flexibility index (Phi) is 3.85. The lowest BCUT2D eigenvalue weighted by Gasteiger charge is -2.16. The van der Waals surface area contributed by atoms with Crippen molar-refractivity contribution in [1.29, 1.82) is 0 Å². The SMILES string of the molecule is CCC(CN)CC(=O)N1C(=O)c2cccc(N)c2C1=O. The summed E-state index contributed by atoms with van der Waals surface area (Å²) in [4.78, 5) is 37.2. The van der Waals surface area contributed by atoms with E-state index in [0.29, 0.717) is 17.9 Å². The van der Waals surface area contributed by atoms with Crippen LogP contribution in [-0.4, -0.2) is 29.2 Å². The third-order valence-corrected chi connectivity index (χ3v) is 3.57. The molecule has 20 heavy (non-hydrogen) atoms. The standard InChI is InChI=1S/C14H17N3O3/c1-2-8(7-15)6-11(18)17-13(19)9-4-3-5-10(16)12(9)14(17)20/h3-5,8H,2,6-7,15-16H2,1H3. The second-order valence-corrected chi connectivity index (χ2v) is 4.82. The molecule has 1 aliphatic rings. The summed E-state index contributed by atoms with van der Waals surface area (Å²) in [5, 5.41) is 0. The van der Waals surface area contributed by atoms with Crippen LogP contribution < -0.4 is 11.5 Å². The average Bonchev–Trinajstić information content (AvgIpc) is 2.69. The fourth-order valence-electron chi connectivity index (χ4n) is 2.27. The van der Waals surface area contributed by atoms with Crippen molar-refractivity contribution in [3.63, 3.8) is 0 Å². The maximum atomic E-state index is 12.2. The van der Waals surface area contributed by atoms with Gasteiger partial charge in [0.25, 0.3) is 11.8 Å². The van der Waals surface area contributed by atoms with Crippen LogP contribution in [0.4, 0.5) is 5.69 Å². The molecule has 1 aromatic rings. The highest BCUT2D eigenvalue weighted by Gasteiger charge is 2.41. The molecule has 1 unspecified atom stereocenters. The van der Waals surface area contributed by atoms with Gasteiger partial charge in [-0.2, -0.15) is 0 Å². The largest absolute Gasteiger partial charge is 0.398 e. The summed E-state index contributed by atoms with van der Waals surface area (Å²) >= 11 is 0. The lowest BCUT2D eigenvalue weighted by atomic mass is 10.0. The molecule has 106 valence electrons. The first-order valence-corrected chi connectivity index (χ1v) is 6.51. The van der Waals surface area contributed by atoms with E-state index in [1.807, 2.05) is 6.92 Å². The van der Waals surface area contributed by atoms with Gasteiger partial charge in [0.15, 0.2) is 0 Å². The van der Waals surface area contributed by atoms with E-state index in [0.717, 1.165) is 0 Å². The summed E-state index contributed by atoms with van der Waals surface area (Å²) in [7, 11) is 0. The zero-order valence-corrected chi connectivity index (χ0v) is 11.3. The van der Waals surface area contributed by atoms with E-state index in [1.54, 1.807) is 6.07 Å². The molecule has 6 nitrogen and oxygen atoms in total. The number of rotatable bonds is 4. The van der Waals surface area contributed by atoms with E-state index in [2.05, 4.69) is 0 Å². The number of carbonyl (C=O) groups is 3. The van der Waals surface area contributed by atoms with Crippen LogP contribution in [0.3, 0.4) is 0 Å². The van der Waals surface area contributed by atoms with Crippen molar-refractivity contribution in [3.8, 4) is 0 Å². The van der Waals surface area contributed by atoms with Gasteiger partial charge in [-0.1, -0.05) is 19.4 Å². The van der Waals surface area contributed by atoms with Crippen molar-refractivity contribution in [3.05, 3.63) is 29.3 Å². The summed E-state index contributed by atoms with van der Waals surface area (Å²) < 4.78 is 0. The lowest BCUT2D eigenvalue weighted by Crippen LogP contribution is -2.38. The zero-order chi connectivity index (χ0) is 14.9. The van der Waals surface area contributed by atoms with Gasteiger partial charge in [0.05, 0.1) is 11.1 Å². The molecule has 0 aromatic heterocycles. The van der Waals surface area contributed by atoms with E-state index in [-0.39, 0.29) is 29.2 Å². The van der Waals surface area contributed by atoms with Crippen molar-refractivity contribution in [2.75, 3.05) is 12.3 Å². The summed E-state index contributed by atoms with van der Waals surface area (Å²) in [6, 6.07) is 4.62. The number of nitrogens with zero attached hydrogens (tertiary/aromatic N) is 1. The van der Waals surface area contributed by atoms with Crippen LogP contribution in [-0.2, 0) is 4.79 Å². The Bertz CT molecular complexity index is 579. The molecule has 4 N–H and O–H groups in total. The van der Waals surface area contributed by atoms with Gasteiger partial charge in [0.2, 0.25) is 5.91 Å². The molecule has 0 fully saturated rings. The Morgan fingerprint density at radius 2 is 2.00 bits per heavy atom. The number of anilines is 1. The predicted octanol–water partition coefficient (Wildman–Crippen LogP) is 0.766. The minimum atomic E-state index is -0.639. The maximum absolute atomic E-state index is 12.2. The van der Waals surface area contributed by atoms with Crippen molar-refractivity contribution in [2.45, 2.75) is 19.8 Å². The average molecular weight is 275 g/mol. The van der Waals surface area contributed by atoms with E-state index >= 15 is 0 Å². The molecule has 1 atom stereocenters. The first-order valence-electron chi connectivity index (χ1n) is 6.51. The van der Waals surface area contributed by atoms with Gasteiger partial charge in [0, 0.05) is 12.1 Å². The maximum Gasteiger partial charge on any atom is 0.270 e. The third-order valence-electron chi connectivity index (χ3n) is 3.57. The highest BCUT2D eigenvalue weighted by molar-refractivity contribution is 6.30. The Hall–Kier alpha value is -2.21. The zero-order valence-electron chi connectivity index (χ0n) is 11.3. The molecule has 0 bridgehead atoms. The molecule has 1 aliphatic heterocycles. The number of nitrogens with two attached hydrogens (primary N) is 2. The summed E-state index contributed by atoms with van der Waals surface area (Å²) in [5.41, 5.74) is 11.8. The lowest BCUT2D eigenvalue weighted by molar-refractivity contribution is -0.127. The van der Waals surface area contributed by atoms with Crippen molar-refractivity contribution >= 4 is 23.4 Å². The van der Waals surface area contributed by atoms with Crippen LogP contribution in [0.25, 0.3) is 0 Å². The number of hydrogen-bond acceptors (Lipinski definition) is 5. The third kappa shape index (κ3) is 2.18. The van der Waals surface area contributed by atoms with Crippen LogP contribution >= 0.6 is 0 Å². The molecule has 1 aromatic carbocycles. The van der Waals surface area contributed by atoms with Gasteiger partial charge < -0.3 is 11.5 Å². The van der Waals surface area contributed by atoms with Crippen molar-refractivity contribution in [1.82, 2.24) is 4.90 Å². The van der Waals surface area contributed by atoms with Gasteiger partial charge in [-0.25, -0.2) is 4.90 Å². The normalized spacial score (nSPS) is 15.4. The molecule has 0 aliphatic carbocycles. The minimum Gasteiger partial charge on any atom is -0.398 e. The van der Waals surface area contributed by atoms with Gasteiger partial charge in [0.1, 0.15) is 0 Å². The highest BCUT2D eigenvalue weighted by atomic mass is 16.2. The monoisotopic (exact) mass is 275 g/mol. The highest BCUT2D eigenvalue weighted by Crippen LogP contribution is 2.28. The number of fused-ring (bicyclic) bond motifs is 1. The van der Waals surface area contributed by atoms with Crippen LogP contribution in [0.1, 0.15) is 40.5 Å². The predicted molar refractivity (Wildman–Crippen MR) is 73.8 cm³/mol. The Morgan fingerprint density at radius 1 is 1.30 bits per heavy atom. The molecule has 3 amide bonds. The molecule has 0 spiro atoms. The van der Waals surface area contributed by atoms with Crippen molar-refractivity contribution < 1.29 is 14.4 Å². The minimum absolute atomic E-state index is 0.0378. The van der Waals surface area contributed by atoms with Gasteiger partial charge in [-0.15, -0.1) is 0 Å². The molecule has 0 radical (unpaired) electrons. The number of benzene rings is 1. The summed E-state index contributed by atoms with van der Waals surface area (Å²) in [6.45, 7) is 2.25. The van der Waals surface area contributed by atoms with Gasteiger partial charge >= 0.3 is 0 Å². The number of carbonyl (C=O) groups excluding carboxylic acids is 3. The topological polar surface area (TPSA) is 106 Å². The smallest absolute Gasteiger partial charge is 0.270 e. The van der Waals surface area contributed by atoms with E-state index in [4.69, 9.17) is 11.5 Å². The molecule has 6 heteroatoms. The first kappa shape index (κ1) is 14.2. The number of nitrogen functional groups attached to an aromatic ring is 1. The van der Waals surface area contributed by atoms with E-state index < -0.39 is 17.7 Å². The Labute approximate surface area is 116 Å². The second kappa shape index (κ2) is 5.42. The molecule has 0 saturated carbocycles. The van der Waals surface area contributed by atoms with Crippen LogP contribution in [0.2, 0.25) is 0 Å². The van der Waals surface area contributed by atoms with Gasteiger partial charge in [-0.3, -0.25) is 14.4 Å². The molecule has 0 saturated heterocycles. The molecular formula is C14H17N3O3. The molecule has 1 heterocycles. The number of hydrogen-bond donors (Lipinski definition) is 2. The fraction of sp³-hybridized carbons (Fsp3) is 0.357. The van der Waals surface area contributed by atoms with Crippen LogP contribution in [0.15, 0.2) is 18.2 Å². The van der Waals surface area contributed by atoms with E-state index in [1.165, 1.54) is 12.1 Å². The number of amides is 3.